The molecule has 1 aliphatic rings. The van der Waals surface area contributed by atoms with Crippen molar-refractivity contribution in [1.82, 2.24) is 4.90 Å². The Morgan fingerprint density at radius 1 is 1.00 bits per heavy atom. The van der Waals surface area contributed by atoms with Gasteiger partial charge in [-0.25, -0.2) is 0 Å². The third-order valence-corrected chi connectivity index (χ3v) is 6.48. The number of phenols is 1. The number of ether oxygens (including phenoxy) is 1. The highest BCUT2D eigenvalue weighted by Crippen LogP contribution is 2.42. The molecule has 1 unspecified atom stereocenters. The van der Waals surface area contributed by atoms with Gasteiger partial charge in [0.25, 0.3) is 0 Å². The number of hydrogen-bond acceptors (Lipinski definition) is 4. The highest BCUT2D eigenvalue weighted by Gasteiger charge is 2.52. The number of phenolic OH excluding ortho intramolecular Hbond substituents is 1. The number of likely N-dealkylation sites (tertiary alicyclic amines) is 1. The molecule has 3 aromatic rings. The summed E-state index contributed by atoms with van der Waals surface area (Å²) in [6, 6.07) is 26.5. The zero-order valence-corrected chi connectivity index (χ0v) is 19.2. The van der Waals surface area contributed by atoms with Crippen LogP contribution in [0.5, 0.6) is 11.5 Å². The quantitative estimate of drug-likeness (QED) is 0.515. The van der Waals surface area contributed by atoms with E-state index in [1.807, 2.05) is 66.7 Å². The van der Waals surface area contributed by atoms with E-state index in [4.69, 9.17) is 10.5 Å². The van der Waals surface area contributed by atoms with Gasteiger partial charge in [-0.3, -0.25) is 9.69 Å². The molecule has 1 atom stereocenters. The number of rotatable bonds is 9. The molecule has 0 saturated carbocycles. The standard InChI is InChI=1S/C28H32N2O3/c1-20(2)16-26(30-18-25(19-30)33-24-15-9-14-23(31)17-24)28(27(29)32,21-10-5-3-6-11-21)22-12-7-4-8-13-22/h3-15,17,20,25-26,31H,16,18-19H2,1-2H3,(H2,29,32). The molecule has 0 aliphatic carbocycles. The van der Waals surface area contributed by atoms with Crippen LogP contribution in [0.4, 0.5) is 0 Å². The summed E-state index contributed by atoms with van der Waals surface area (Å²) in [4.78, 5) is 15.8. The van der Waals surface area contributed by atoms with Crippen LogP contribution in [0.15, 0.2) is 84.9 Å². The van der Waals surface area contributed by atoms with Gasteiger partial charge < -0.3 is 15.6 Å². The lowest BCUT2D eigenvalue weighted by atomic mass is 9.65. The van der Waals surface area contributed by atoms with Gasteiger partial charge >= 0.3 is 0 Å². The summed E-state index contributed by atoms with van der Waals surface area (Å²) in [5, 5.41) is 9.73. The smallest absolute Gasteiger partial charge is 0.234 e. The molecule has 1 fully saturated rings. The molecule has 4 rings (SSSR count). The van der Waals surface area contributed by atoms with E-state index in [2.05, 4.69) is 18.7 Å². The van der Waals surface area contributed by atoms with Gasteiger partial charge in [-0.15, -0.1) is 0 Å². The maximum atomic E-state index is 13.4. The van der Waals surface area contributed by atoms with Gasteiger partial charge in [0.2, 0.25) is 5.91 Å². The Hall–Kier alpha value is -3.31. The van der Waals surface area contributed by atoms with Gasteiger partial charge in [-0.1, -0.05) is 80.6 Å². The van der Waals surface area contributed by atoms with Crippen LogP contribution < -0.4 is 10.5 Å². The first kappa shape index (κ1) is 22.9. The van der Waals surface area contributed by atoms with E-state index in [0.29, 0.717) is 24.8 Å². The highest BCUT2D eigenvalue weighted by atomic mass is 16.5. The summed E-state index contributed by atoms with van der Waals surface area (Å²) >= 11 is 0. The first-order chi connectivity index (χ1) is 15.9. The molecule has 172 valence electrons. The number of nitrogens with zero attached hydrogens (tertiary/aromatic N) is 1. The van der Waals surface area contributed by atoms with Crippen molar-refractivity contribution in [3.8, 4) is 11.5 Å². The number of hydrogen-bond donors (Lipinski definition) is 2. The fraction of sp³-hybridized carbons (Fsp3) is 0.321. The van der Waals surface area contributed by atoms with E-state index in [0.717, 1.165) is 17.5 Å². The number of aromatic hydroxyl groups is 1. The molecule has 5 heteroatoms. The van der Waals surface area contributed by atoms with Crippen molar-refractivity contribution in [1.29, 1.82) is 0 Å². The van der Waals surface area contributed by atoms with Crippen molar-refractivity contribution in [3.63, 3.8) is 0 Å². The summed E-state index contributed by atoms with van der Waals surface area (Å²) in [5.74, 6) is 0.852. The second kappa shape index (κ2) is 9.67. The monoisotopic (exact) mass is 444 g/mol. The molecule has 1 amide bonds. The lowest BCUT2D eigenvalue weighted by molar-refractivity contribution is -0.127. The summed E-state index contributed by atoms with van der Waals surface area (Å²) in [5.41, 5.74) is 7.11. The van der Waals surface area contributed by atoms with E-state index < -0.39 is 5.41 Å². The molecule has 33 heavy (non-hydrogen) atoms. The number of carbonyl (C=O) groups excluding carboxylic acids is 1. The third-order valence-electron chi connectivity index (χ3n) is 6.48. The molecule has 5 nitrogen and oxygen atoms in total. The van der Waals surface area contributed by atoms with E-state index in [1.165, 1.54) is 0 Å². The lowest BCUT2D eigenvalue weighted by Crippen LogP contribution is -2.66. The van der Waals surface area contributed by atoms with Crippen LogP contribution in [0.3, 0.4) is 0 Å². The zero-order valence-electron chi connectivity index (χ0n) is 19.2. The summed E-state index contributed by atoms with van der Waals surface area (Å²) in [6.07, 6.45) is 0.796. The molecule has 0 aromatic heterocycles. The van der Waals surface area contributed by atoms with Crippen LogP contribution >= 0.6 is 0 Å². The van der Waals surface area contributed by atoms with Crippen LogP contribution in [0.2, 0.25) is 0 Å². The second-order valence-electron chi connectivity index (χ2n) is 9.24. The van der Waals surface area contributed by atoms with Gasteiger partial charge in [0, 0.05) is 25.2 Å². The Kier molecular flexibility index (Phi) is 6.70. The van der Waals surface area contributed by atoms with E-state index in [9.17, 15) is 9.90 Å². The first-order valence-corrected chi connectivity index (χ1v) is 11.5. The van der Waals surface area contributed by atoms with Crippen LogP contribution in [0.25, 0.3) is 0 Å². The molecule has 0 radical (unpaired) electrons. The Bertz CT molecular complexity index is 1020. The fourth-order valence-corrected chi connectivity index (χ4v) is 5.00. The molecule has 1 saturated heterocycles. The van der Waals surface area contributed by atoms with Crippen molar-refractivity contribution in [3.05, 3.63) is 96.1 Å². The molecule has 3 N–H and O–H groups in total. The number of nitrogens with two attached hydrogens (primary N) is 1. The van der Waals surface area contributed by atoms with Gasteiger partial charge in [0.05, 0.1) is 0 Å². The first-order valence-electron chi connectivity index (χ1n) is 11.5. The largest absolute Gasteiger partial charge is 0.508 e. The normalized spacial score (nSPS) is 15.7. The SMILES string of the molecule is CC(C)CC(N1CC(Oc2cccc(O)c2)C1)C(C(N)=O)(c1ccccc1)c1ccccc1. The second-order valence-corrected chi connectivity index (χ2v) is 9.24. The van der Waals surface area contributed by atoms with Crippen LogP contribution in [-0.2, 0) is 10.2 Å². The number of benzene rings is 3. The minimum atomic E-state index is -0.983. The van der Waals surface area contributed by atoms with Gasteiger partial charge in [-0.05, 0) is 35.6 Å². The van der Waals surface area contributed by atoms with E-state index >= 15 is 0 Å². The lowest BCUT2D eigenvalue weighted by Gasteiger charge is -2.51. The van der Waals surface area contributed by atoms with Crippen LogP contribution in [0.1, 0.15) is 31.4 Å². The summed E-state index contributed by atoms with van der Waals surface area (Å²) in [6.45, 7) is 5.72. The number of amides is 1. The topological polar surface area (TPSA) is 75.8 Å². The molecule has 1 aliphatic heterocycles. The van der Waals surface area contributed by atoms with Gasteiger partial charge in [0.15, 0.2) is 0 Å². The van der Waals surface area contributed by atoms with Crippen molar-refractivity contribution in [2.75, 3.05) is 13.1 Å². The Balaban J connectivity index is 1.70. The molecular weight excluding hydrogens is 412 g/mol. The highest BCUT2D eigenvalue weighted by molar-refractivity contribution is 5.92. The number of carbonyl (C=O) groups is 1. The average Bonchev–Trinajstić information content (AvgIpc) is 2.77. The summed E-state index contributed by atoms with van der Waals surface area (Å²) in [7, 11) is 0. The van der Waals surface area contributed by atoms with E-state index in [-0.39, 0.29) is 23.8 Å². The maximum absolute atomic E-state index is 13.4. The number of primary amides is 1. The van der Waals surface area contributed by atoms with Crippen molar-refractivity contribution >= 4 is 5.91 Å². The Labute approximate surface area is 195 Å². The predicted molar refractivity (Wildman–Crippen MR) is 130 cm³/mol. The molecule has 0 bridgehead atoms. The van der Waals surface area contributed by atoms with Crippen LogP contribution in [0, 0.1) is 5.92 Å². The van der Waals surface area contributed by atoms with Crippen molar-refractivity contribution in [2.45, 2.75) is 37.8 Å². The van der Waals surface area contributed by atoms with E-state index in [1.54, 1.807) is 18.2 Å². The van der Waals surface area contributed by atoms with Gasteiger partial charge in [0.1, 0.15) is 23.0 Å². The van der Waals surface area contributed by atoms with Gasteiger partial charge in [-0.2, -0.15) is 0 Å². The third kappa shape index (κ3) is 4.60. The minimum absolute atomic E-state index is 0.0152. The Morgan fingerprint density at radius 3 is 2.06 bits per heavy atom. The maximum Gasteiger partial charge on any atom is 0.234 e. The zero-order chi connectivity index (χ0) is 23.4. The Morgan fingerprint density at radius 2 is 1.58 bits per heavy atom. The molecule has 3 aromatic carbocycles. The van der Waals surface area contributed by atoms with Crippen molar-refractivity contribution in [2.24, 2.45) is 11.7 Å². The minimum Gasteiger partial charge on any atom is -0.508 e. The molecule has 0 spiro atoms. The predicted octanol–water partition coefficient (Wildman–Crippen LogP) is 4.34. The van der Waals surface area contributed by atoms with Crippen LogP contribution in [-0.4, -0.2) is 41.1 Å². The molecule has 1 heterocycles. The molecular formula is C28H32N2O3. The van der Waals surface area contributed by atoms with Crippen molar-refractivity contribution < 1.29 is 14.6 Å². The summed E-state index contributed by atoms with van der Waals surface area (Å²) < 4.78 is 6.08. The average molecular weight is 445 g/mol. The fourth-order valence-electron chi connectivity index (χ4n) is 5.00.